The van der Waals surface area contributed by atoms with E-state index in [-0.39, 0.29) is 5.41 Å². The molecule has 0 atom stereocenters. The number of hydrogen-bond acceptors (Lipinski definition) is 2. The van der Waals surface area contributed by atoms with Crippen molar-refractivity contribution in [2.75, 3.05) is 4.90 Å². The zero-order valence-corrected chi connectivity index (χ0v) is 19.2. The molecule has 0 aliphatic carbocycles. The molecule has 0 aromatic heterocycles. The van der Waals surface area contributed by atoms with E-state index in [9.17, 15) is 0 Å². The molecule has 0 saturated carbocycles. The minimum Gasteiger partial charge on any atom is -0.453 e. The van der Waals surface area contributed by atoms with Crippen molar-refractivity contribution in [2.45, 2.75) is 47.0 Å². The van der Waals surface area contributed by atoms with Crippen LogP contribution < -0.4 is 9.64 Å². The van der Waals surface area contributed by atoms with Crippen molar-refractivity contribution < 1.29 is 4.74 Å². The van der Waals surface area contributed by atoms with Gasteiger partial charge >= 0.3 is 0 Å². The molecule has 0 bridgehead atoms. The molecular formula is C29H29NO. The van der Waals surface area contributed by atoms with Gasteiger partial charge in [-0.25, -0.2) is 0 Å². The average Bonchev–Trinajstić information content (AvgIpc) is 2.72. The maximum atomic E-state index is 6.41. The fraction of sp³-hybridized carbons (Fsp3) is 0.241. The Morgan fingerprint density at radius 3 is 2.10 bits per heavy atom. The first-order valence-electron chi connectivity index (χ1n) is 11.0. The maximum Gasteiger partial charge on any atom is 0.152 e. The van der Waals surface area contributed by atoms with Crippen LogP contribution in [0, 0.1) is 20.8 Å². The monoisotopic (exact) mass is 407 g/mol. The van der Waals surface area contributed by atoms with Crippen LogP contribution in [-0.2, 0) is 5.41 Å². The molecule has 0 unspecified atom stereocenters. The molecule has 2 heteroatoms. The molecule has 2 nitrogen and oxygen atoms in total. The minimum atomic E-state index is 0.109. The van der Waals surface area contributed by atoms with Gasteiger partial charge in [0.05, 0.1) is 17.1 Å². The first kappa shape index (κ1) is 19.7. The molecule has 156 valence electrons. The van der Waals surface area contributed by atoms with Crippen LogP contribution in [0.15, 0.2) is 66.7 Å². The smallest absolute Gasteiger partial charge is 0.152 e. The van der Waals surface area contributed by atoms with E-state index >= 15 is 0 Å². The summed E-state index contributed by atoms with van der Waals surface area (Å²) in [5, 5.41) is 2.42. The van der Waals surface area contributed by atoms with E-state index in [0.29, 0.717) is 0 Å². The summed E-state index contributed by atoms with van der Waals surface area (Å²) < 4.78 is 6.41. The van der Waals surface area contributed by atoms with Crippen molar-refractivity contribution in [1.82, 2.24) is 0 Å². The number of rotatable bonds is 1. The van der Waals surface area contributed by atoms with Gasteiger partial charge < -0.3 is 9.64 Å². The molecule has 0 amide bonds. The summed E-state index contributed by atoms with van der Waals surface area (Å²) in [4.78, 5) is 2.42. The SMILES string of the molecule is Cc1ccc2c(c1)N(c1c(C)cc(C(C)(C)C)cc1C)c1c(ccc3ccccc13)O2. The fourth-order valence-electron chi connectivity index (χ4n) is 4.65. The van der Waals surface area contributed by atoms with E-state index in [2.05, 4.69) is 113 Å². The molecule has 0 saturated heterocycles. The van der Waals surface area contributed by atoms with Gasteiger partial charge in [-0.1, -0.05) is 69.3 Å². The summed E-state index contributed by atoms with van der Waals surface area (Å²) in [6, 6.07) is 23.9. The molecule has 31 heavy (non-hydrogen) atoms. The summed E-state index contributed by atoms with van der Waals surface area (Å²) in [5.41, 5.74) is 8.69. The molecule has 1 aliphatic heterocycles. The number of nitrogens with zero attached hydrogens (tertiary/aromatic N) is 1. The lowest BCUT2D eigenvalue weighted by Gasteiger charge is -2.36. The van der Waals surface area contributed by atoms with Gasteiger partial charge in [0.1, 0.15) is 0 Å². The Kier molecular flexibility index (Phi) is 4.37. The number of hydrogen-bond donors (Lipinski definition) is 0. The molecule has 1 aliphatic rings. The van der Waals surface area contributed by atoms with Crippen LogP contribution in [0.2, 0.25) is 0 Å². The molecule has 4 aromatic carbocycles. The van der Waals surface area contributed by atoms with Gasteiger partial charge in [0.2, 0.25) is 0 Å². The molecular weight excluding hydrogens is 378 g/mol. The van der Waals surface area contributed by atoms with Crippen molar-refractivity contribution in [3.8, 4) is 11.5 Å². The molecule has 0 N–H and O–H groups in total. The Balaban J connectivity index is 1.86. The summed E-state index contributed by atoms with van der Waals surface area (Å²) >= 11 is 0. The molecule has 0 radical (unpaired) electrons. The number of aryl methyl sites for hydroxylation is 3. The van der Waals surface area contributed by atoms with Crippen LogP contribution in [0.5, 0.6) is 11.5 Å². The lowest BCUT2D eigenvalue weighted by Crippen LogP contribution is -2.20. The van der Waals surface area contributed by atoms with Crippen LogP contribution >= 0.6 is 0 Å². The Bertz CT molecular complexity index is 1300. The van der Waals surface area contributed by atoms with Crippen LogP contribution in [-0.4, -0.2) is 0 Å². The highest BCUT2D eigenvalue weighted by Gasteiger charge is 2.30. The van der Waals surface area contributed by atoms with Gasteiger partial charge in [0.15, 0.2) is 11.5 Å². The first-order chi connectivity index (χ1) is 14.7. The third-order valence-electron chi connectivity index (χ3n) is 6.24. The van der Waals surface area contributed by atoms with Crippen molar-refractivity contribution in [1.29, 1.82) is 0 Å². The molecule has 4 aromatic rings. The van der Waals surface area contributed by atoms with Crippen molar-refractivity contribution >= 4 is 27.8 Å². The topological polar surface area (TPSA) is 12.5 Å². The first-order valence-corrected chi connectivity index (χ1v) is 11.0. The molecule has 0 fully saturated rings. The third-order valence-corrected chi connectivity index (χ3v) is 6.24. The summed E-state index contributed by atoms with van der Waals surface area (Å²) in [5.74, 6) is 1.79. The number of ether oxygens (including phenoxy) is 1. The zero-order chi connectivity index (χ0) is 21.9. The molecule has 5 rings (SSSR count). The fourth-order valence-corrected chi connectivity index (χ4v) is 4.65. The van der Waals surface area contributed by atoms with Crippen molar-refractivity contribution in [3.63, 3.8) is 0 Å². The Morgan fingerprint density at radius 1 is 0.710 bits per heavy atom. The largest absolute Gasteiger partial charge is 0.453 e. The van der Waals surface area contributed by atoms with Crippen LogP contribution in [0.4, 0.5) is 17.1 Å². The quantitative estimate of drug-likeness (QED) is 0.276. The second kappa shape index (κ2) is 6.88. The number of anilines is 3. The predicted molar refractivity (Wildman–Crippen MR) is 132 cm³/mol. The average molecular weight is 408 g/mol. The second-order valence-corrected chi connectivity index (χ2v) is 9.75. The van der Waals surface area contributed by atoms with E-state index in [1.54, 1.807) is 0 Å². The van der Waals surface area contributed by atoms with Crippen LogP contribution in [0.25, 0.3) is 10.8 Å². The number of benzene rings is 4. The van der Waals surface area contributed by atoms with Crippen LogP contribution in [0.1, 0.15) is 43.0 Å². The highest BCUT2D eigenvalue weighted by molar-refractivity contribution is 6.04. The van der Waals surface area contributed by atoms with Gasteiger partial charge in [-0.15, -0.1) is 0 Å². The van der Waals surface area contributed by atoms with Crippen LogP contribution in [0.3, 0.4) is 0 Å². The normalized spacial score (nSPS) is 13.0. The van der Waals surface area contributed by atoms with Gasteiger partial charge in [0, 0.05) is 5.39 Å². The molecule has 1 heterocycles. The van der Waals surface area contributed by atoms with Gasteiger partial charge in [0.25, 0.3) is 0 Å². The summed E-state index contributed by atoms with van der Waals surface area (Å²) in [6.07, 6.45) is 0. The lowest BCUT2D eigenvalue weighted by atomic mass is 9.84. The van der Waals surface area contributed by atoms with E-state index < -0.39 is 0 Å². The summed E-state index contributed by atoms with van der Waals surface area (Å²) in [6.45, 7) is 13.4. The highest BCUT2D eigenvalue weighted by atomic mass is 16.5. The van der Waals surface area contributed by atoms with Gasteiger partial charge in [-0.3, -0.25) is 0 Å². The van der Waals surface area contributed by atoms with Crippen molar-refractivity contribution in [3.05, 3.63) is 89.0 Å². The van der Waals surface area contributed by atoms with E-state index in [0.717, 1.165) is 22.9 Å². The van der Waals surface area contributed by atoms with Gasteiger partial charge in [-0.05, 0) is 72.0 Å². The Morgan fingerprint density at radius 2 is 1.39 bits per heavy atom. The zero-order valence-electron chi connectivity index (χ0n) is 19.2. The summed E-state index contributed by atoms with van der Waals surface area (Å²) in [7, 11) is 0. The van der Waals surface area contributed by atoms with Crippen molar-refractivity contribution in [2.24, 2.45) is 0 Å². The Hall–Kier alpha value is -3.26. The highest BCUT2D eigenvalue weighted by Crippen LogP contribution is 2.54. The van der Waals surface area contributed by atoms with E-state index in [4.69, 9.17) is 4.74 Å². The number of fused-ring (bicyclic) bond motifs is 4. The van der Waals surface area contributed by atoms with E-state index in [1.807, 2.05) is 0 Å². The maximum absolute atomic E-state index is 6.41. The standard InChI is InChI=1S/C29H29NO/c1-18-11-13-25-24(15-18)30(27-19(2)16-22(17-20(27)3)29(4,5)6)28-23-10-8-7-9-21(23)12-14-26(28)31-25/h7-17H,1-6H3. The van der Waals surface area contributed by atoms with E-state index in [1.165, 1.54) is 38.7 Å². The second-order valence-electron chi connectivity index (χ2n) is 9.75. The third kappa shape index (κ3) is 3.18. The van der Waals surface area contributed by atoms with Gasteiger partial charge in [-0.2, -0.15) is 0 Å². The Labute approximate surface area is 185 Å². The minimum absolute atomic E-state index is 0.109. The molecule has 0 spiro atoms. The lowest BCUT2D eigenvalue weighted by molar-refractivity contribution is 0.477. The predicted octanol–water partition coefficient (Wildman–Crippen LogP) is 8.64.